The molecule has 0 radical (unpaired) electrons. The minimum Gasteiger partial charge on any atom is -0.486 e. The van der Waals surface area contributed by atoms with Gasteiger partial charge in [0.05, 0.1) is 16.1 Å². The zero-order valence-corrected chi connectivity index (χ0v) is 10.0. The van der Waals surface area contributed by atoms with Crippen molar-refractivity contribution in [3.05, 3.63) is 63.4 Å². The third-order valence-corrected chi connectivity index (χ3v) is 2.59. The Kier molecular flexibility index (Phi) is 3.74. The first-order chi connectivity index (χ1) is 8.66. The Labute approximate surface area is 108 Å². The smallest absolute Gasteiger partial charge is 0.269 e. The lowest BCUT2D eigenvalue weighted by atomic mass is 10.2. The molecule has 2 aromatic rings. The van der Waals surface area contributed by atoms with Gasteiger partial charge in [-0.25, -0.2) is 0 Å². The van der Waals surface area contributed by atoms with Gasteiger partial charge in [-0.2, -0.15) is 0 Å². The van der Waals surface area contributed by atoms with E-state index in [9.17, 15) is 10.1 Å². The summed E-state index contributed by atoms with van der Waals surface area (Å²) in [4.78, 5) is 13.9. The van der Waals surface area contributed by atoms with Crippen LogP contribution in [-0.2, 0) is 6.61 Å². The molecule has 0 aliphatic heterocycles. The number of nitro benzene ring substituents is 1. The van der Waals surface area contributed by atoms with Crippen molar-refractivity contribution >= 4 is 17.3 Å². The number of halogens is 1. The van der Waals surface area contributed by atoms with Crippen LogP contribution in [0.25, 0.3) is 0 Å². The van der Waals surface area contributed by atoms with Gasteiger partial charge in [0, 0.05) is 18.3 Å². The highest BCUT2D eigenvalue weighted by atomic mass is 35.5. The van der Waals surface area contributed by atoms with E-state index in [-0.39, 0.29) is 12.3 Å². The monoisotopic (exact) mass is 264 g/mol. The number of aromatic nitrogens is 1. The third kappa shape index (κ3) is 2.95. The van der Waals surface area contributed by atoms with E-state index < -0.39 is 4.92 Å². The predicted molar refractivity (Wildman–Crippen MR) is 66.7 cm³/mol. The van der Waals surface area contributed by atoms with Gasteiger partial charge in [-0.05, 0) is 23.8 Å². The number of nitrogens with zero attached hydrogens (tertiary/aromatic N) is 2. The molecule has 0 N–H and O–H groups in total. The van der Waals surface area contributed by atoms with Gasteiger partial charge in [0.1, 0.15) is 6.61 Å². The van der Waals surface area contributed by atoms with Gasteiger partial charge in [-0.3, -0.25) is 15.1 Å². The fraction of sp³-hybridized carbons (Fsp3) is 0.0833. The maximum absolute atomic E-state index is 10.5. The summed E-state index contributed by atoms with van der Waals surface area (Å²) in [5.74, 6) is 0.484. The van der Waals surface area contributed by atoms with E-state index in [0.29, 0.717) is 10.8 Å². The molecule has 0 aliphatic rings. The van der Waals surface area contributed by atoms with E-state index in [0.717, 1.165) is 5.56 Å². The van der Waals surface area contributed by atoms with E-state index in [1.807, 2.05) is 0 Å². The van der Waals surface area contributed by atoms with Crippen molar-refractivity contribution in [1.29, 1.82) is 0 Å². The Morgan fingerprint density at radius 1 is 1.28 bits per heavy atom. The molecule has 0 saturated heterocycles. The quantitative estimate of drug-likeness (QED) is 0.628. The van der Waals surface area contributed by atoms with Gasteiger partial charge in [-0.15, -0.1) is 0 Å². The molecule has 5 nitrogen and oxygen atoms in total. The van der Waals surface area contributed by atoms with E-state index >= 15 is 0 Å². The minimum absolute atomic E-state index is 0.0539. The Bertz CT molecular complexity index is 558. The molecule has 0 bridgehead atoms. The first-order valence-corrected chi connectivity index (χ1v) is 5.50. The van der Waals surface area contributed by atoms with E-state index in [4.69, 9.17) is 16.3 Å². The van der Waals surface area contributed by atoms with E-state index in [2.05, 4.69) is 4.98 Å². The van der Waals surface area contributed by atoms with Crippen LogP contribution >= 0.6 is 11.6 Å². The molecule has 0 spiro atoms. The molecule has 0 atom stereocenters. The van der Waals surface area contributed by atoms with Gasteiger partial charge in [0.15, 0.2) is 5.75 Å². The summed E-state index contributed by atoms with van der Waals surface area (Å²) in [6.07, 6.45) is 3.09. The summed E-state index contributed by atoms with van der Waals surface area (Å²) in [6, 6.07) is 7.78. The molecule has 6 heteroatoms. The van der Waals surface area contributed by atoms with Crippen molar-refractivity contribution in [2.24, 2.45) is 0 Å². The average Bonchev–Trinajstić information content (AvgIpc) is 2.38. The van der Waals surface area contributed by atoms with Crippen LogP contribution in [0, 0.1) is 10.1 Å². The number of ether oxygens (including phenoxy) is 1. The maximum atomic E-state index is 10.5. The first-order valence-electron chi connectivity index (χ1n) is 5.12. The van der Waals surface area contributed by atoms with E-state index in [1.165, 1.54) is 18.3 Å². The number of hydrogen-bond donors (Lipinski definition) is 0. The van der Waals surface area contributed by atoms with Crippen molar-refractivity contribution < 1.29 is 9.66 Å². The largest absolute Gasteiger partial charge is 0.486 e. The van der Waals surface area contributed by atoms with Crippen LogP contribution in [0.2, 0.25) is 5.02 Å². The first kappa shape index (κ1) is 12.3. The topological polar surface area (TPSA) is 65.3 Å². The van der Waals surface area contributed by atoms with Gasteiger partial charge < -0.3 is 4.74 Å². The van der Waals surface area contributed by atoms with Crippen molar-refractivity contribution in [3.63, 3.8) is 0 Å². The van der Waals surface area contributed by atoms with Crippen LogP contribution in [-0.4, -0.2) is 9.91 Å². The van der Waals surface area contributed by atoms with Crippen LogP contribution in [0.5, 0.6) is 5.75 Å². The van der Waals surface area contributed by atoms with Crippen molar-refractivity contribution in [1.82, 2.24) is 4.98 Å². The summed E-state index contributed by atoms with van der Waals surface area (Å²) >= 11 is 5.90. The molecule has 0 amide bonds. The Hall–Kier alpha value is -2.14. The van der Waals surface area contributed by atoms with Crippen LogP contribution in [0.3, 0.4) is 0 Å². The number of hydrogen-bond acceptors (Lipinski definition) is 4. The summed E-state index contributed by atoms with van der Waals surface area (Å²) in [7, 11) is 0. The number of rotatable bonds is 4. The molecule has 2 rings (SSSR count). The van der Waals surface area contributed by atoms with E-state index in [1.54, 1.807) is 24.4 Å². The maximum Gasteiger partial charge on any atom is 0.269 e. The zero-order chi connectivity index (χ0) is 13.0. The van der Waals surface area contributed by atoms with Crippen molar-refractivity contribution in [3.8, 4) is 5.75 Å². The fourth-order valence-electron chi connectivity index (χ4n) is 1.34. The van der Waals surface area contributed by atoms with Gasteiger partial charge >= 0.3 is 0 Å². The standard InChI is InChI=1S/C12H9ClN2O3/c13-11-5-6-14-7-12(11)18-8-9-1-3-10(4-2-9)15(16)17/h1-7H,8H2. The molecule has 1 aromatic carbocycles. The predicted octanol–water partition coefficient (Wildman–Crippen LogP) is 3.22. The highest BCUT2D eigenvalue weighted by Crippen LogP contribution is 2.23. The van der Waals surface area contributed by atoms with Gasteiger partial charge in [-0.1, -0.05) is 11.6 Å². The molecule has 18 heavy (non-hydrogen) atoms. The molecule has 0 aliphatic carbocycles. The minimum atomic E-state index is -0.442. The normalized spacial score (nSPS) is 10.1. The second kappa shape index (κ2) is 5.46. The van der Waals surface area contributed by atoms with Gasteiger partial charge in [0.2, 0.25) is 0 Å². The van der Waals surface area contributed by atoms with Crippen LogP contribution in [0.15, 0.2) is 42.7 Å². The second-order valence-corrected chi connectivity index (χ2v) is 3.93. The molecule has 1 aromatic heterocycles. The molecule has 0 saturated carbocycles. The lowest BCUT2D eigenvalue weighted by Crippen LogP contribution is -1.97. The fourth-order valence-corrected chi connectivity index (χ4v) is 1.50. The van der Waals surface area contributed by atoms with Gasteiger partial charge in [0.25, 0.3) is 5.69 Å². The lowest BCUT2D eigenvalue weighted by molar-refractivity contribution is -0.384. The summed E-state index contributed by atoms with van der Waals surface area (Å²) in [5, 5.41) is 11.0. The number of nitro groups is 1. The average molecular weight is 265 g/mol. The van der Waals surface area contributed by atoms with Crippen molar-refractivity contribution in [2.75, 3.05) is 0 Å². The Balaban J connectivity index is 2.02. The number of pyridine rings is 1. The highest BCUT2D eigenvalue weighted by molar-refractivity contribution is 6.31. The Morgan fingerprint density at radius 2 is 2.00 bits per heavy atom. The second-order valence-electron chi connectivity index (χ2n) is 3.52. The molecule has 92 valence electrons. The molecule has 0 fully saturated rings. The molecular formula is C12H9ClN2O3. The number of benzene rings is 1. The molecule has 1 heterocycles. The summed E-state index contributed by atoms with van der Waals surface area (Å²) in [5.41, 5.74) is 0.874. The SMILES string of the molecule is O=[N+]([O-])c1ccc(COc2cnccc2Cl)cc1. The molecule has 0 unspecified atom stereocenters. The Morgan fingerprint density at radius 3 is 2.61 bits per heavy atom. The van der Waals surface area contributed by atoms with Crippen LogP contribution in [0.1, 0.15) is 5.56 Å². The lowest BCUT2D eigenvalue weighted by Gasteiger charge is -2.06. The van der Waals surface area contributed by atoms with Crippen LogP contribution < -0.4 is 4.74 Å². The molecular weight excluding hydrogens is 256 g/mol. The third-order valence-electron chi connectivity index (χ3n) is 2.28. The van der Waals surface area contributed by atoms with Crippen LogP contribution in [0.4, 0.5) is 5.69 Å². The van der Waals surface area contributed by atoms with Crippen molar-refractivity contribution in [2.45, 2.75) is 6.61 Å². The summed E-state index contributed by atoms with van der Waals surface area (Å²) in [6.45, 7) is 0.281. The summed E-state index contributed by atoms with van der Waals surface area (Å²) < 4.78 is 5.46. The zero-order valence-electron chi connectivity index (χ0n) is 9.25. The highest BCUT2D eigenvalue weighted by Gasteiger charge is 2.05. The number of non-ortho nitro benzene ring substituents is 1.